The van der Waals surface area contributed by atoms with E-state index in [9.17, 15) is 9.59 Å². The predicted molar refractivity (Wildman–Crippen MR) is 77.7 cm³/mol. The van der Waals surface area contributed by atoms with Crippen molar-refractivity contribution in [3.63, 3.8) is 0 Å². The molecule has 0 fully saturated rings. The van der Waals surface area contributed by atoms with Gasteiger partial charge in [0, 0.05) is 19.6 Å². The molecule has 2 amide bonds. The molecule has 0 saturated carbocycles. The normalized spacial score (nSPS) is 9.85. The van der Waals surface area contributed by atoms with E-state index < -0.39 is 5.97 Å². The average molecular weight is 276 g/mol. The van der Waals surface area contributed by atoms with Crippen molar-refractivity contribution in [2.24, 2.45) is 0 Å². The number of benzene rings is 1. The number of carboxylic acid groups (broad SMARTS) is 1. The van der Waals surface area contributed by atoms with Crippen molar-refractivity contribution in [1.82, 2.24) is 10.2 Å². The van der Waals surface area contributed by atoms with Crippen molar-refractivity contribution in [3.05, 3.63) is 48.0 Å². The molecule has 0 unspecified atom stereocenters. The van der Waals surface area contributed by atoms with E-state index in [1.54, 1.807) is 23.1 Å². The molecule has 20 heavy (non-hydrogen) atoms. The zero-order chi connectivity index (χ0) is 15.0. The van der Waals surface area contributed by atoms with Crippen LogP contribution in [0.4, 0.5) is 4.79 Å². The van der Waals surface area contributed by atoms with Gasteiger partial charge in [-0.25, -0.2) is 9.59 Å². The highest BCUT2D eigenvalue weighted by atomic mass is 16.4. The molecule has 0 radical (unpaired) electrons. The summed E-state index contributed by atoms with van der Waals surface area (Å²) >= 11 is 0. The van der Waals surface area contributed by atoms with Gasteiger partial charge in [0.25, 0.3) is 0 Å². The fraction of sp³-hybridized carbons (Fsp3) is 0.333. The molecule has 0 aliphatic rings. The van der Waals surface area contributed by atoms with Crippen LogP contribution in [0.15, 0.2) is 36.9 Å². The maximum atomic E-state index is 11.9. The molecule has 0 bridgehead atoms. The van der Waals surface area contributed by atoms with E-state index in [1.165, 1.54) is 12.1 Å². The third-order valence-corrected chi connectivity index (χ3v) is 2.77. The quantitative estimate of drug-likeness (QED) is 0.752. The first kappa shape index (κ1) is 15.8. The van der Waals surface area contributed by atoms with Gasteiger partial charge in [-0.1, -0.05) is 25.1 Å². The molecule has 5 nitrogen and oxygen atoms in total. The molecule has 0 aliphatic heterocycles. The minimum atomic E-state index is -0.958. The van der Waals surface area contributed by atoms with Crippen molar-refractivity contribution in [3.8, 4) is 0 Å². The summed E-state index contributed by atoms with van der Waals surface area (Å²) in [5.41, 5.74) is 1.10. The highest BCUT2D eigenvalue weighted by Crippen LogP contribution is 2.04. The predicted octanol–water partition coefficient (Wildman–Crippen LogP) is 2.49. The lowest BCUT2D eigenvalue weighted by molar-refractivity contribution is 0.0697. The lowest BCUT2D eigenvalue weighted by Gasteiger charge is -2.20. The SMILES string of the molecule is C=CCN(CCC)C(=O)NCc1ccc(C(=O)O)cc1. The van der Waals surface area contributed by atoms with Gasteiger partial charge in [0.05, 0.1) is 5.56 Å². The van der Waals surface area contributed by atoms with Crippen molar-refractivity contribution < 1.29 is 14.7 Å². The third kappa shape index (κ3) is 4.76. The van der Waals surface area contributed by atoms with E-state index >= 15 is 0 Å². The number of aromatic carboxylic acids is 1. The molecule has 108 valence electrons. The van der Waals surface area contributed by atoms with Gasteiger partial charge in [-0.15, -0.1) is 6.58 Å². The van der Waals surface area contributed by atoms with Gasteiger partial charge in [0.2, 0.25) is 0 Å². The fourth-order valence-corrected chi connectivity index (χ4v) is 1.76. The Bertz CT molecular complexity index is 469. The Kier molecular flexibility index (Phi) is 6.29. The molecule has 0 atom stereocenters. The molecule has 0 saturated heterocycles. The summed E-state index contributed by atoms with van der Waals surface area (Å²) in [6.45, 7) is 7.20. The smallest absolute Gasteiger partial charge is 0.335 e. The molecule has 1 aromatic rings. The molecule has 0 aromatic heterocycles. The molecule has 0 heterocycles. The minimum Gasteiger partial charge on any atom is -0.478 e. The Morgan fingerprint density at radius 1 is 1.35 bits per heavy atom. The number of hydrogen-bond donors (Lipinski definition) is 2. The largest absolute Gasteiger partial charge is 0.478 e. The maximum absolute atomic E-state index is 11.9. The Morgan fingerprint density at radius 2 is 2.00 bits per heavy atom. The van der Waals surface area contributed by atoms with Gasteiger partial charge in [0.1, 0.15) is 0 Å². The second-order valence-corrected chi connectivity index (χ2v) is 4.40. The zero-order valence-electron chi connectivity index (χ0n) is 11.6. The standard InChI is InChI=1S/C15H20N2O3/c1-3-9-17(10-4-2)15(20)16-11-12-5-7-13(8-6-12)14(18)19/h3,5-8H,1,4,9-11H2,2H3,(H,16,20)(H,18,19). The molecule has 1 rings (SSSR count). The molecule has 0 aliphatic carbocycles. The first-order valence-corrected chi connectivity index (χ1v) is 6.54. The molecule has 5 heteroatoms. The number of carbonyl (C=O) groups is 2. The van der Waals surface area contributed by atoms with Crippen molar-refractivity contribution >= 4 is 12.0 Å². The van der Waals surface area contributed by atoms with Crippen LogP contribution in [-0.2, 0) is 6.54 Å². The molecular formula is C15H20N2O3. The maximum Gasteiger partial charge on any atom is 0.335 e. The second kappa shape index (κ2) is 7.99. The number of carbonyl (C=O) groups excluding carboxylic acids is 1. The molecular weight excluding hydrogens is 256 g/mol. The Morgan fingerprint density at radius 3 is 2.50 bits per heavy atom. The van der Waals surface area contributed by atoms with Crippen LogP contribution in [0.1, 0.15) is 29.3 Å². The molecule has 2 N–H and O–H groups in total. The summed E-state index contributed by atoms with van der Waals surface area (Å²) in [5, 5.41) is 11.6. The first-order chi connectivity index (χ1) is 9.58. The average Bonchev–Trinajstić information content (AvgIpc) is 2.45. The van der Waals surface area contributed by atoms with Crippen LogP contribution in [0, 0.1) is 0 Å². The Balaban J connectivity index is 2.54. The summed E-state index contributed by atoms with van der Waals surface area (Å²) in [7, 11) is 0. The van der Waals surface area contributed by atoms with E-state index in [4.69, 9.17) is 5.11 Å². The van der Waals surface area contributed by atoms with Gasteiger partial charge in [-0.3, -0.25) is 0 Å². The van der Waals surface area contributed by atoms with Crippen LogP contribution in [0.25, 0.3) is 0 Å². The number of carboxylic acids is 1. The van der Waals surface area contributed by atoms with E-state index in [0.717, 1.165) is 12.0 Å². The van der Waals surface area contributed by atoms with Gasteiger partial charge in [-0.05, 0) is 24.1 Å². The summed E-state index contributed by atoms with van der Waals surface area (Å²) in [6.07, 6.45) is 2.57. The van der Waals surface area contributed by atoms with Crippen LogP contribution in [0.3, 0.4) is 0 Å². The number of hydrogen-bond acceptors (Lipinski definition) is 2. The van der Waals surface area contributed by atoms with E-state index in [-0.39, 0.29) is 11.6 Å². The topological polar surface area (TPSA) is 69.6 Å². The minimum absolute atomic E-state index is 0.144. The lowest BCUT2D eigenvalue weighted by Crippen LogP contribution is -2.40. The van der Waals surface area contributed by atoms with E-state index in [2.05, 4.69) is 11.9 Å². The number of amides is 2. The van der Waals surface area contributed by atoms with Gasteiger partial charge in [-0.2, -0.15) is 0 Å². The van der Waals surface area contributed by atoms with E-state index in [0.29, 0.717) is 19.6 Å². The van der Waals surface area contributed by atoms with Crippen LogP contribution in [0.2, 0.25) is 0 Å². The highest BCUT2D eigenvalue weighted by molar-refractivity contribution is 5.87. The lowest BCUT2D eigenvalue weighted by atomic mass is 10.1. The van der Waals surface area contributed by atoms with Crippen molar-refractivity contribution in [1.29, 1.82) is 0 Å². The monoisotopic (exact) mass is 276 g/mol. The molecule has 1 aromatic carbocycles. The van der Waals surface area contributed by atoms with Crippen molar-refractivity contribution in [2.45, 2.75) is 19.9 Å². The number of nitrogens with zero attached hydrogens (tertiary/aromatic N) is 1. The Hall–Kier alpha value is -2.30. The van der Waals surface area contributed by atoms with Crippen LogP contribution in [0.5, 0.6) is 0 Å². The van der Waals surface area contributed by atoms with Gasteiger partial charge in [0.15, 0.2) is 0 Å². The summed E-state index contributed by atoms with van der Waals surface area (Å²) < 4.78 is 0. The van der Waals surface area contributed by atoms with E-state index in [1.807, 2.05) is 6.92 Å². The zero-order valence-corrected chi connectivity index (χ0v) is 11.6. The first-order valence-electron chi connectivity index (χ1n) is 6.54. The number of nitrogens with one attached hydrogen (secondary N) is 1. The van der Waals surface area contributed by atoms with Crippen LogP contribution >= 0.6 is 0 Å². The summed E-state index contributed by atoms with van der Waals surface area (Å²) in [5.74, 6) is -0.958. The summed E-state index contributed by atoms with van der Waals surface area (Å²) in [6, 6.07) is 6.30. The molecule has 0 spiro atoms. The second-order valence-electron chi connectivity index (χ2n) is 4.40. The fourth-order valence-electron chi connectivity index (χ4n) is 1.76. The van der Waals surface area contributed by atoms with Gasteiger partial charge < -0.3 is 15.3 Å². The number of urea groups is 1. The third-order valence-electron chi connectivity index (χ3n) is 2.77. The number of rotatable bonds is 7. The van der Waals surface area contributed by atoms with Crippen LogP contribution < -0.4 is 5.32 Å². The van der Waals surface area contributed by atoms with Crippen LogP contribution in [-0.4, -0.2) is 35.1 Å². The van der Waals surface area contributed by atoms with Gasteiger partial charge >= 0.3 is 12.0 Å². The van der Waals surface area contributed by atoms with Crippen molar-refractivity contribution in [2.75, 3.05) is 13.1 Å². The highest BCUT2D eigenvalue weighted by Gasteiger charge is 2.10. The Labute approximate surface area is 118 Å². The summed E-state index contributed by atoms with van der Waals surface area (Å²) in [4.78, 5) is 24.3.